The van der Waals surface area contributed by atoms with Crippen LogP contribution in [-0.4, -0.2) is 18.4 Å². The van der Waals surface area contributed by atoms with Crippen molar-refractivity contribution in [2.75, 3.05) is 6.61 Å². The van der Waals surface area contributed by atoms with Gasteiger partial charge in [0, 0.05) is 0 Å². The van der Waals surface area contributed by atoms with Gasteiger partial charge in [0.15, 0.2) is 0 Å². The van der Waals surface area contributed by atoms with E-state index in [9.17, 15) is 4.79 Å². The van der Waals surface area contributed by atoms with Crippen molar-refractivity contribution in [3.63, 3.8) is 0 Å². The average Bonchev–Trinajstić information content (AvgIpc) is 2.33. The molecule has 0 aliphatic rings. The molecule has 0 spiro atoms. The van der Waals surface area contributed by atoms with Gasteiger partial charge < -0.3 is 4.74 Å². The van der Waals surface area contributed by atoms with Crippen molar-refractivity contribution in [3.8, 4) is 0 Å². The van der Waals surface area contributed by atoms with Crippen LogP contribution in [0.2, 0.25) is 0 Å². The molecule has 2 nitrogen and oxygen atoms in total. The Hall–Kier alpha value is -1.22. The van der Waals surface area contributed by atoms with Gasteiger partial charge in [-0.15, -0.1) is 0 Å². The topological polar surface area (TPSA) is 26.3 Å². The van der Waals surface area contributed by atoms with Crippen LogP contribution in [0.5, 0.6) is 0 Å². The van der Waals surface area contributed by atoms with E-state index in [2.05, 4.69) is 37.1 Å². The van der Waals surface area contributed by atoms with Crippen LogP contribution in [-0.2, 0) is 22.4 Å². The van der Waals surface area contributed by atoms with Crippen LogP contribution in [0.1, 0.15) is 25.0 Å². The highest BCUT2D eigenvalue weighted by molar-refractivity contribution is 7.77. The van der Waals surface area contributed by atoms with Crippen molar-refractivity contribution in [1.82, 2.24) is 0 Å². The van der Waals surface area contributed by atoms with Gasteiger partial charge >= 0.3 is 5.97 Å². The Bertz CT molecular complexity index is 306. The first-order chi connectivity index (χ1) is 7.76. The first-order valence-electron chi connectivity index (χ1n) is 5.28. The van der Waals surface area contributed by atoms with Gasteiger partial charge in [-0.3, -0.25) is 4.79 Å². The Morgan fingerprint density at radius 2 is 1.69 bits per heavy atom. The predicted molar refractivity (Wildman–Crippen MR) is 70.9 cm³/mol. The van der Waals surface area contributed by atoms with E-state index in [1.807, 2.05) is 19.1 Å². The molecule has 1 aromatic rings. The van der Waals surface area contributed by atoms with E-state index in [4.69, 9.17) is 4.74 Å². The zero-order chi connectivity index (χ0) is 12.4. The lowest BCUT2D eigenvalue weighted by Crippen LogP contribution is -2.07. The standard InChI is InChI=1S/C12H16O2.CH2S/c1-3-10-5-7-11(8-6-10)9-12(13)14-4-2;1-2/h5-8H,3-4,9H2,1-2H3;1H2. The summed E-state index contributed by atoms with van der Waals surface area (Å²) in [6.07, 6.45) is 1.40. The Morgan fingerprint density at radius 1 is 1.19 bits per heavy atom. The number of hydrogen-bond donors (Lipinski definition) is 0. The summed E-state index contributed by atoms with van der Waals surface area (Å²) < 4.78 is 4.86. The monoisotopic (exact) mass is 238 g/mol. The fraction of sp³-hybridized carbons (Fsp3) is 0.385. The summed E-state index contributed by atoms with van der Waals surface area (Å²) in [6, 6.07) is 8.06. The van der Waals surface area contributed by atoms with Crippen LogP contribution in [0.15, 0.2) is 24.3 Å². The summed E-state index contributed by atoms with van der Waals surface area (Å²) >= 11 is 3.83. The maximum atomic E-state index is 11.1. The maximum Gasteiger partial charge on any atom is 0.310 e. The molecule has 88 valence electrons. The largest absolute Gasteiger partial charge is 0.466 e. The molecule has 0 fully saturated rings. The Balaban J connectivity index is 0.00000106. The lowest BCUT2D eigenvalue weighted by atomic mass is 10.1. The van der Waals surface area contributed by atoms with Gasteiger partial charge in [-0.25, -0.2) is 0 Å². The van der Waals surface area contributed by atoms with Crippen LogP contribution >= 0.6 is 12.2 Å². The Labute approximate surface area is 103 Å². The molecule has 0 unspecified atom stereocenters. The van der Waals surface area contributed by atoms with Crippen LogP contribution in [0.25, 0.3) is 0 Å². The third kappa shape index (κ3) is 5.61. The molecular weight excluding hydrogens is 220 g/mol. The number of benzene rings is 1. The van der Waals surface area contributed by atoms with Gasteiger partial charge in [-0.2, -0.15) is 0 Å². The maximum absolute atomic E-state index is 11.1. The minimum Gasteiger partial charge on any atom is -0.466 e. The molecular formula is C13H18O2S. The molecule has 0 amide bonds. The van der Waals surface area contributed by atoms with E-state index >= 15 is 0 Å². The van der Waals surface area contributed by atoms with Crippen molar-refractivity contribution >= 4 is 24.1 Å². The second-order valence-corrected chi connectivity index (χ2v) is 3.15. The average molecular weight is 238 g/mol. The number of esters is 1. The van der Waals surface area contributed by atoms with Crippen molar-refractivity contribution in [2.45, 2.75) is 26.7 Å². The molecule has 0 aliphatic heterocycles. The number of ether oxygens (including phenoxy) is 1. The number of aryl methyl sites for hydroxylation is 1. The third-order valence-electron chi connectivity index (χ3n) is 2.09. The Kier molecular flexibility index (Phi) is 8.35. The zero-order valence-corrected chi connectivity index (χ0v) is 10.7. The molecule has 0 bridgehead atoms. The van der Waals surface area contributed by atoms with Crippen LogP contribution in [0.3, 0.4) is 0 Å². The molecule has 0 atom stereocenters. The van der Waals surface area contributed by atoms with E-state index in [1.54, 1.807) is 0 Å². The summed E-state index contributed by atoms with van der Waals surface area (Å²) in [5.41, 5.74) is 2.30. The number of hydrogen-bond acceptors (Lipinski definition) is 3. The quantitative estimate of drug-likeness (QED) is 0.596. The summed E-state index contributed by atoms with van der Waals surface area (Å²) in [4.78, 5) is 11.1. The summed E-state index contributed by atoms with van der Waals surface area (Å²) in [7, 11) is 0. The van der Waals surface area contributed by atoms with Gasteiger partial charge in [0.25, 0.3) is 0 Å². The molecule has 0 aromatic heterocycles. The molecule has 1 aromatic carbocycles. The van der Waals surface area contributed by atoms with E-state index in [0.717, 1.165) is 12.0 Å². The van der Waals surface area contributed by atoms with Crippen molar-refractivity contribution < 1.29 is 9.53 Å². The van der Waals surface area contributed by atoms with Crippen LogP contribution in [0, 0.1) is 0 Å². The fourth-order valence-electron chi connectivity index (χ4n) is 1.27. The molecule has 0 heterocycles. The second kappa shape index (κ2) is 9.04. The summed E-state index contributed by atoms with van der Waals surface area (Å²) in [5, 5.41) is 0. The predicted octanol–water partition coefficient (Wildman–Crippen LogP) is 2.97. The van der Waals surface area contributed by atoms with E-state index in [1.165, 1.54) is 5.56 Å². The molecule has 16 heavy (non-hydrogen) atoms. The highest BCUT2D eigenvalue weighted by Gasteiger charge is 2.02. The summed E-state index contributed by atoms with van der Waals surface area (Å²) in [6.45, 7) is 4.38. The molecule has 0 aliphatic carbocycles. The molecule has 0 saturated heterocycles. The lowest BCUT2D eigenvalue weighted by Gasteiger charge is -2.02. The molecule has 0 N–H and O–H groups in total. The van der Waals surface area contributed by atoms with Crippen LogP contribution in [0.4, 0.5) is 0 Å². The molecule has 3 heteroatoms. The molecule has 1 rings (SSSR count). The number of carbonyl (C=O) groups is 1. The SMILES string of the molecule is C=S.CCOC(=O)Cc1ccc(CC)cc1. The normalized spacial score (nSPS) is 8.88. The van der Waals surface area contributed by atoms with Gasteiger partial charge in [0.2, 0.25) is 0 Å². The fourth-order valence-corrected chi connectivity index (χ4v) is 1.27. The number of thiocarbonyl (C=S) groups is 1. The van der Waals surface area contributed by atoms with Crippen molar-refractivity contribution in [3.05, 3.63) is 35.4 Å². The minimum absolute atomic E-state index is 0.156. The van der Waals surface area contributed by atoms with Gasteiger partial charge in [0.05, 0.1) is 13.0 Å². The first kappa shape index (κ1) is 14.8. The number of rotatable bonds is 4. The van der Waals surface area contributed by atoms with E-state index in [0.29, 0.717) is 13.0 Å². The highest BCUT2D eigenvalue weighted by atomic mass is 32.1. The van der Waals surface area contributed by atoms with E-state index < -0.39 is 0 Å². The zero-order valence-electron chi connectivity index (χ0n) is 9.86. The third-order valence-corrected chi connectivity index (χ3v) is 2.09. The minimum atomic E-state index is -0.156. The first-order valence-corrected chi connectivity index (χ1v) is 5.86. The van der Waals surface area contributed by atoms with Crippen molar-refractivity contribution in [1.29, 1.82) is 0 Å². The van der Waals surface area contributed by atoms with Gasteiger partial charge in [0.1, 0.15) is 0 Å². The Morgan fingerprint density at radius 3 is 2.12 bits per heavy atom. The van der Waals surface area contributed by atoms with Gasteiger partial charge in [-0.1, -0.05) is 43.4 Å². The van der Waals surface area contributed by atoms with Gasteiger partial charge in [-0.05, 0) is 30.3 Å². The number of carbonyl (C=O) groups excluding carboxylic acids is 1. The van der Waals surface area contributed by atoms with E-state index in [-0.39, 0.29) is 5.97 Å². The van der Waals surface area contributed by atoms with Crippen LogP contribution < -0.4 is 0 Å². The molecule has 0 saturated carbocycles. The molecule has 0 radical (unpaired) electrons. The smallest absolute Gasteiger partial charge is 0.310 e. The lowest BCUT2D eigenvalue weighted by molar-refractivity contribution is -0.142. The van der Waals surface area contributed by atoms with Crippen molar-refractivity contribution in [2.24, 2.45) is 0 Å². The summed E-state index contributed by atoms with van der Waals surface area (Å²) in [5.74, 6) is 2.68. The highest BCUT2D eigenvalue weighted by Crippen LogP contribution is 2.06. The second-order valence-electron chi connectivity index (χ2n) is 3.15.